The molecule has 0 aliphatic heterocycles. The van der Waals surface area contributed by atoms with Crippen molar-refractivity contribution in [2.45, 2.75) is 53.1 Å². The van der Waals surface area contributed by atoms with E-state index in [0.717, 1.165) is 42.6 Å². The van der Waals surface area contributed by atoms with E-state index < -0.39 is 5.97 Å². The molecular weight excluding hydrogens is 376 g/mol. The van der Waals surface area contributed by atoms with Crippen LogP contribution >= 0.6 is 0 Å². The molecule has 0 aliphatic carbocycles. The second-order valence-electron chi connectivity index (χ2n) is 8.18. The first kappa shape index (κ1) is 21.6. The van der Waals surface area contributed by atoms with E-state index in [0.29, 0.717) is 18.0 Å². The van der Waals surface area contributed by atoms with Crippen LogP contribution in [0.5, 0.6) is 0 Å². The lowest BCUT2D eigenvalue weighted by molar-refractivity contribution is 0.0697. The van der Waals surface area contributed by atoms with Crippen LogP contribution < -0.4 is 5.69 Å². The Morgan fingerprint density at radius 1 is 1.07 bits per heavy atom. The highest BCUT2D eigenvalue weighted by Gasteiger charge is 2.14. The van der Waals surface area contributed by atoms with Crippen LogP contribution in [-0.4, -0.2) is 20.2 Å². The molecule has 0 aliphatic rings. The number of benzene rings is 2. The summed E-state index contributed by atoms with van der Waals surface area (Å²) in [4.78, 5) is 24.5. The number of rotatable bonds is 9. The van der Waals surface area contributed by atoms with E-state index in [1.807, 2.05) is 51.7 Å². The molecule has 1 heterocycles. The van der Waals surface area contributed by atoms with E-state index in [4.69, 9.17) is 0 Å². The second-order valence-corrected chi connectivity index (χ2v) is 8.18. The Morgan fingerprint density at radius 3 is 2.40 bits per heavy atom. The Labute approximate surface area is 177 Å². The van der Waals surface area contributed by atoms with E-state index in [1.165, 1.54) is 0 Å². The molecule has 3 aromatic rings. The molecule has 1 N–H and O–H groups in total. The van der Waals surface area contributed by atoms with Gasteiger partial charge in [0.2, 0.25) is 0 Å². The number of hydrogen-bond acceptors (Lipinski definition) is 2. The van der Waals surface area contributed by atoms with Crippen molar-refractivity contribution >= 4 is 5.97 Å². The van der Waals surface area contributed by atoms with Gasteiger partial charge < -0.3 is 5.11 Å². The van der Waals surface area contributed by atoms with E-state index in [2.05, 4.69) is 20.8 Å². The monoisotopic (exact) mass is 406 g/mol. The molecule has 0 spiro atoms. The zero-order chi connectivity index (χ0) is 21.7. The van der Waals surface area contributed by atoms with E-state index in [-0.39, 0.29) is 11.3 Å². The molecule has 0 saturated carbocycles. The molecule has 1 aromatic heterocycles. The average molecular weight is 407 g/mol. The summed E-state index contributed by atoms with van der Waals surface area (Å²) >= 11 is 0. The lowest BCUT2D eigenvalue weighted by Crippen LogP contribution is -2.26. The van der Waals surface area contributed by atoms with Crippen LogP contribution in [0, 0.1) is 5.92 Å². The van der Waals surface area contributed by atoms with Gasteiger partial charge in [-0.2, -0.15) is 0 Å². The van der Waals surface area contributed by atoms with E-state index in [9.17, 15) is 14.7 Å². The van der Waals surface area contributed by atoms with Gasteiger partial charge in [-0.05, 0) is 41.5 Å². The maximum Gasteiger partial charge on any atom is 0.336 e. The van der Waals surface area contributed by atoms with Gasteiger partial charge in [0.25, 0.3) is 0 Å². The molecule has 5 heteroatoms. The summed E-state index contributed by atoms with van der Waals surface area (Å²) in [6.45, 7) is 7.71. The Bertz CT molecular complexity index is 1060. The topological polar surface area (TPSA) is 64.2 Å². The van der Waals surface area contributed by atoms with Crippen molar-refractivity contribution in [3.8, 4) is 11.1 Å². The lowest BCUT2D eigenvalue weighted by Gasteiger charge is -2.11. The van der Waals surface area contributed by atoms with Crippen LogP contribution in [0.1, 0.15) is 55.2 Å². The molecule has 0 radical (unpaired) electrons. The van der Waals surface area contributed by atoms with Crippen molar-refractivity contribution in [2.24, 2.45) is 5.92 Å². The summed E-state index contributed by atoms with van der Waals surface area (Å²) in [5.74, 6) is -0.472. The smallest absolute Gasteiger partial charge is 0.336 e. The van der Waals surface area contributed by atoms with Crippen LogP contribution in [0.2, 0.25) is 0 Å². The quantitative estimate of drug-likeness (QED) is 0.540. The molecule has 158 valence electrons. The van der Waals surface area contributed by atoms with Gasteiger partial charge in [0.15, 0.2) is 0 Å². The normalized spacial score (nSPS) is 11.2. The highest BCUT2D eigenvalue weighted by Crippen LogP contribution is 2.24. The predicted molar refractivity (Wildman–Crippen MR) is 120 cm³/mol. The summed E-state index contributed by atoms with van der Waals surface area (Å²) < 4.78 is 3.70. The average Bonchev–Trinajstić information content (AvgIpc) is 3.01. The summed E-state index contributed by atoms with van der Waals surface area (Å²) in [5, 5.41) is 9.43. The number of aromatic carboxylic acids is 1. The summed E-state index contributed by atoms with van der Waals surface area (Å²) in [6, 6.07) is 14.8. The molecule has 0 atom stereocenters. The first-order chi connectivity index (χ1) is 14.4. The minimum Gasteiger partial charge on any atom is -0.478 e. The van der Waals surface area contributed by atoms with Gasteiger partial charge in [-0.15, -0.1) is 0 Å². The number of carbonyl (C=O) groups is 1. The van der Waals surface area contributed by atoms with Crippen LogP contribution in [0.4, 0.5) is 0 Å². The molecule has 0 unspecified atom stereocenters. The first-order valence-corrected chi connectivity index (χ1v) is 10.6. The zero-order valence-corrected chi connectivity index (χ0v) is 18.0. The molecule has 3 rings (SSSR count). The molecular formula is C25H30N2O3. The molecule has 0 fully saturated rings. The molecule has 0 saturated heterocycles. The Balaban J connectivity index is 1.89. The number of aryl methyl sites for hydroxylation is 1. The lowest BCUT2D eigenvalue weighted by atomic mass is 9.98. The van der Waals surface area contributed by atoms with Gasteiger partial charge in [-0.3, -0.25) is 9.13 Å². The minimum absolute atomic E-state index is 0.0411. The fraction of sp³-hybridized carbons (Fsp3) is 0.360. The van der Waals surface area contributed by atoms with Crippen LogP contribution in [0.15, 0.2) is 59.5 Å². The summed E-state index contributed by atoms with van der Waals surface area (Å²) in [5.41, 5.74) is 3.96. The van der Waals surface area contributed by atoms with E-state index in [1.54, 1.807) is 12.1 Å². The summed E-state index contributed by atoms with van der Waals surface area (Å²) in [6.07, 6.45) is 4.91. The van der Waals surface area contributed by atoms with Crippen LogP contribution in [0.25, 0.3) is 11.1 Å². The second kappa shape index (κ2) is 9.61. The number of carboxylic acids is 1. The summed E-state index contributed by atoms with van der Waals surface area (Å²) in [7, 11) is 0. The van der Waals surface area contributed by atoms with Crippen LogP contribution in [-0.2, 0) is 19.5 Å². The van der Waals surface area contributed by atoms with Crippen molar-refractivity contribution in [2.75, 3.05) is 0 Å². The number of aromatic nitrogens is 2. The maximum atomic E-state index is 13.0. The van der Waals surface area contributed by atoms with Crippen molar-refractivity contribution in [3.05, 3.63) is 82.0 Å². The first-order valence-electron chi connectivity index (χ1n) is 10.6. The number of nitrogens with zero attached hydrogens (tertiary/aromatic N) is 2. The Morgan fingerprint density at radius 2 is 1.77 bits per heavy atom. The molecule has 0 amide bonds. The predicted octanol–water partition coefficient (Wildman–Crippen LogP) is 5.06. The third-order valence-corrected chi connectivity index (χ3v) is 5.26. The van der Waals surface area contributed by atoms with Crippen molar-refractivity contribution in [1.82, 2.24) is 9.13 Å². The highest BCUT2D eigenvalue weighted by atomic mass is 16.4. The van der Waals surface area contributed by atoms with Gasteiger partial charge >= 0.3 is 11.7 Å². The SMILES string of the molecule is CCCCn1cc(CC(C)C)n(Cc2ccc(-c3ccccc3C(=O)O)cc2)c1=O. The van der Waals surface area contributed by atoms with Crippen LogP contribution in [0.3, 0.4) is 0 Å². The van der Waals surface area contributed by atoms with Crippen molar-refractivity contribution < 1.29 is 9.90 Å². The Hall–Kier alpha value is -3.08. The minimum atomic E-state index is -0.937. The number of imidazole rings is 1. The molecule has 5 nitrogen and oxygen atoms in total. The fourth-order valence-corrected chi connectivity index (χ4v) is 3.72. The molecule has 2 aromatic carbocycles. The number of unbranched alkanes of at least 4 members (excludes halogenated alkanes) is 1. The fourth-order valence-electron chi connectivity index (χ4n) is 3.72. The zero-order valence-electron chi connectivity index (χ0n) is 18.0. The van der Waals surface area contributed by atoms with Gasteiger partial charge in [-0.25, -0.2) is 9.59 Å². The Kier molecular flexibility index (Phi) is 6.93. The molecule has 30 heavy (non-hydrogen) atoms. The van der Waals surface area contributed by atoms with Gasteiger partial charge in [0.05, 0.1) is 12.1 Å². The van der Waals surface area contributed by atoms with Gasteiger partial charge in [0, 0.05) is 18.4 Å². The standard InChI is InChI=1S/C25H30N2O3/c1-4-5-14-26-17-21(15-18(2)3)27(25(26)30)16-19-10-12-20(13-11-19)22-8-6-7-9-23(22)24(28)29/h6-13,17-18H,4-5,14-16H2,1-3H3,(H,28,29). The van der Waals surface area contributed by atoms with Gasteiger partial charge in [-0.1, -0.05) is 69.7 Å². The maximum absolute atomic E-state index is 13.0. The van der Waals surface area contributed by atoms with Gasteiger partial charge in [0.1, 0.15) is 0 Å². The molecule has 0 bridgehead atoms. The van der Waals surface area contributed by atoms with E-state index >= 15 is 0 Å². The number of carboxylic acid groups (broad SMARTS) is 1. The highest BCUT2D eigenvalue weighted by molar-refractivity contribution is 5.95. The largest absolute Gasteiger partial charge is 0.478 e. The van der Waals surface area contributed by atoms with Crippen molar-refractivity contribution in [3.63, 3.8) is 0 Å². The third kappa shape index (κ3) is 4.90. The third-order valence-electron chi connectivity index (χ3n) is 5.26. The number of hydrogen-bond donors (Lipinski definition) is 1. The van der Waals surface area contributed by atoms with Crippen molar-refractivity contribution in [1.29, 1.82) is 0 Å².